The predicted molar refractivity (Wildman–Crippen MR) is 109 cm³/mol. The Morgan fingerprint density at radius 2 is 1.73 bits per heavy atom. The van der Waals surface area contributed by atoms with E-state index in [1.807, 2.05) is 0 Å². The van der Waals surface area contributed by atoms with Crippen molar-refractivity contribution in [3.63, 3.8) is 0 Å². The lowest BCUT2D eigenvalue weighted by atomic mass is 10.2. The lowest BCUT2D eigenvalue weighted by molar-refractivity contribution is -0.384. The molecule has 1 aromatic heterocycles. The van der Waals surface area contributed by atoms with Crippen LogP contribution < -0.4 is 0 Å². The number of nitro groups is 1. The molecule has 2 aromatic carbocycles. The fourth-order valence-corrected chi connectivity index (χ4v) is 3.69. The summed E-state index contributed by atoms with van der Waals surface area (Å²) in [6, 6.07) is 14.8. The van der Waals surface area contributed by atoms with Gasteiger partial charge >= 0.3 is 0 Å². The van der Waals surface area contributed by atoms with Gasteiger partial charge in [0.05, 0.1) is 16.4 Å². The van der Waals surface area contributed by atoms with Crippen molar-refractivity contribution < 1.29 is 23.3 Å². The molecule has 7 nitrogen and oxygen atoms in total. The molecule has 1 aliphatic heterocycles. The standard InChI is InChI=1S/C21H13FN2O5S/c22-15-5-3-14(4-6-15)18-10-9-17(29-18)11-19-20(25)23(21(26)30-19)12-13-1-7-16(8-2-13)24(27)28/h1-11H,12H2/b19-11-. The Kier molecular flexibility index (Phi) is 5.20. The highest BCUT2D eigenvalue weighted by molar-refractivity contribution is 8.18. The molecule has 4 rings (SSSR count). The van der Waals surface area contributed by atoms with Gasteiger partial charge in [-0.15, -0.1) is 0 Å². The smallest absolute Gasteiger partial charge is 0.293 e. The third-order valence-electron chi connectivity index (χ3n) is 4.39. The number of halogens is 1. The fraction of sp³-hybridized carbons (Fsp3) is 0.0476. The van der Waals surface area contributed by atoms with Crippen molar-refractivity contribution in [3.8, 4) is 11.3 Å². The largest absolute Gasteiger partial charge is 0.457 e. The van der Waals surface area contributed by atoms with E-state index in [1.54, 1.807) is 24.3 Å². The van der Waals surface area contributed by atoms with Crippen LogP contribution in [0.25, 0.3) is 17.4 Å². The molecule has 1 saturated heterocycles. The number of hydrogen-bond acceptors (Lipinski definition) is 6. The summed E-state index contributed by atoms with van der Waals surface area (Å²) in [4.78, 5) is 36.4. The first-order valence-electron chi connectivity index (χ1n) is 8.75. The summed E-state index contributed by atoms with van der Waals surface area (Å²) in [5.74, 6) is 0.0665. The number of rotatable bonds is 5. The molecule has 0 atom stereocenters. The van der Waals surface area contributed by atoms with Gasteiger partial charge in [0.25, 0.3) is 16.8 Å². The van der Waals surface area contributed by atoms with Crippen LogP contribution in [0.3, 0.4) is 0 Å². The molecule has 0 bridgehead atoms. The summed E-state index contributed by atoms with van der Waals surface area (Å²) in [7, 11) is 0. The Hall–Kier alpha value is -3.72. The number of carbonyl (C=O) groups is 2. The molecule has 0 spiro atoms. The van der Waals surface area contributed by atoms with Crippen molar-refractivity contribution in [2.45, 2.75) is 6.54 Å². The number of non-ortho nitro benzene ring substituents is 1. The first-order valence-corrected chi connectivity index (χ1v) is 9.57. The van der Waals surface area contributed by atoms with Crippen molar-refractivity contribution in [3.05, 3.63) is 92.8 Å². The number of nitro benzene ring substituents is 1. The van der Waals surface area contributed by atoms with Crippen LogP contribution >= 0.6 is 11.8 Å². The van der Waals surface area contributed by atoms with E-state index in [0.29, 0.717) is 22.6 Å². The quantitative estimate of drug-likeness (QED) is 0.316. The minimum atomic E-state index is -0.518. The second kappa shape index (κ2) is 7.96. The van der Waals surface area contributed by atoms with Gasteiger partial charge < -0.3 is 4.42 Å². The average Bonchev–Trinajstić information content (AvgIpc) is 3.29. The highest BCUT2D eigenvalue weighted by atomic mass is 32.2. The molecule has 30 heavy (non-hydrogen) atoms. The Morgan fingerprint density at radius 3 is 2.40 bits per heavy atom. The molecule has 0 aliphatic carbocycles. The molecule has 0 unspecified atom stereocenters. The molecule has 2 heterocycles. The minimum absolute atomic E-state index is 0.0129. The third kappa shape index (κ3) is 4.01. The fourth-order valence-electron chi connectivity index (χ4n) is 2.87. The second-order valence-corrected chi connectivity index (χ2v) is 7.39. The molecular weight excluding hydrogens is 411 g/mol. The Labute approximate surface area is 173 Å². The van der Waals surface area contributed by atoms with E-state index in [4.69, 9.17) is 4.42 Å². The Morgan fingerprint density at radius 1 is 1.03 bits per heavy atom. The van der Waals surface area contributed by atoms with Crippen LogP contribution in [0.4, 0.5) is 14.9 Å². The Bertz CT molecular complexity index is 1170. The molecule has 150 valence electrons. The minimum Gasteiger partial charge on any atom is -0.457 e. The molecule has 0 radical (unpaired) electrons. The average molecular weight is 424 g/mol. The lowest BCUT2D eigenvalue weighted by Gasteiger charge is -2.12. The zero-order valence-corrected chi connectivity index (χ0v) is 16.1. The number of imide groups is 1. The summed E-state index contributed by atoms with van der Waals surface area (Å²) in [5, 5.41) is 10.3. The van der Waals surface area contributed by atoms with E-state index in [9.17, 15) is 24.1 Å². The molecule has 1 fully saturated rings. The summed E-state index contributed by atoms with van der Waals surface area (Å²) in [5.41, 5.74) is 1.21. The maximum Gasteiger partial charge on any atom is 0.293 e. The van der Waals surface area contributed by atoms with Gasteiger partial charge in [0.1, 0.15) is 17.3 Å². The molecule has 3 aromatic rings. The van der Waals surface area contributed by atoms with Gasteiger partial charge in [-0.05, 0) is 53.7 Å². The van der Waals surface area contributed by atoms with E-state index in [2.05, 4.69) is 0 Å². The van der Waals surface area contributed by atoms with Gasteiger partial charge in [0.15, 0.2) is 0 Å². The van der Waals surface area contributed by atoms with Crippen molar-refractivity contribution in [1.29, 1.82) is 0 Å². The van der Waals surface area contributed by atoms with E-state index < -0.39 is 16.1 Å². The molecule has 1 aliphatic rings. The van der Waals surface area contributed by atoms with Crippen LogP contribution in [-0.2, 0) is 11.3 Å². The van der Waals surface area contributed by atoms with Gasteiger partial charge in [0.2, 0.25) is 0 Å². The van der Waals surface area contributed by atoms with Crippen molar-refractivity contribution in [2.24, 2.45) is 0 Å². The van der Waals surface area contributed by atoms with Gasteiger partial charge in [-0.1, -0.05) is 12.1 Å². The molecular formula is C21H13FN2O5S. The maximum atomic E-state index is 13.1. The lowest BCUT2D eigenvalue weighted by Crippen LogP contribution is -2.27. The summed E-state index contributed by atoms with van der Waals surface area (Å²) < 4.78 is 18.7. The second-order valence-electron chi connectivity index (χ2n) is 6.40. The molecule has 9 heteroatoms. The van der Waals surface area contributed by atoms with E-state index >= 15 is 0 Å². The first kappa shape index (κ1) is 19.6. The van der Waals surface area contributed by atoms with Crippen LogP contribution in [-0.4, -0.2) is 21.0 Å². The van der Waals surface area contributed by atoms with Crippen LogP contribution in [0.15, 0.2) is 70.0 Å². The van der Waals surface area contributed by atoms with Crippen molar-refractivity contribution in [2.75, 3.05) is 0 Å². The van der Waals surface area contributed by atoms with E-state index in [-0.39, 0.29) is 23.0 Å². The van der Waals surface area contributed by atoms with Gasteiger partial charge in [-0.3, -0.25) is 24.6 Å². The normalized spacial score (nSPS) is 15.2. The summed E-state index contributed by atoms with van der Waals surface area (Å²) in [6.45, 7) is 0.0129. The highest BCUT2D eigenvalue weighted by Gasteiger charge is 2.35. The van der Waals surface area contributed by atoms with Gasteiger partial charge in [-0.25, -0.2) is 4.39 Å². The molecule has 2 amide bonds. The van der Waals surface area contributed by atoms with Crippen molar-refractivity contribution >= 4 is 34.7 Å². The SMILES string of the molecule is O=C1S/C(=C\c2ccc(-c3ccc(F)cc3)o2)C(=O)N1Cc1ccc([N+](=O)[O-])cc1. The summed E-state index contributed by atoms with van der Waals surface area (Å²) >= 11 is 0.792. The highest BCUT2D eigenvalue weighted by Crippen LogP contribution is 2.34. The topological polar surface area (TPSA) is 93.7 Å². The Balaban J connectivity index is 1.50. The zero-order valence-electron chi connectivity index (χ0n) is 15.3. The molecule has 0 N–H and O–H groups in total. The predicted octanol–water partition coefficient (Wildman–Crippen LogP) is 5.23. The number of thioether (sulfide) groups is 1. The number of hydrogen-bond donors (Lipinski definition) is 0. The zero-order chi connectivity index (χ0) is 21.3. The van der Waals surface area contributed by atoms with E-state index in [1.165, 1.54) is 42.5 Å². The number of benzene rings is 2. The summed E-state index contributed by atoms with van der Waals surface area (Å²) in [6.07, 6.45) is 1.48. The van der Waals surface area contributed by atoms with Crippen LogP contribution in [0.5, 0.6) is 0 Å². The van der Waals surface area contributed by atoms with Crippen molar-refractivity contribution in [1.82, 2.24) is 4.90 Å². The van der Waals surface area contributed by atoms with Gasteiger partial charge in [0, 0.05) is 23.8 Å². The third-order valence-corrected chi connectivity index (χ3v) is 5.30. The number of amides is 2. The monoisotopic (exact) mass is 424 g/mol. The first-order chi connectivity index (χ1) is 14.4. The van der Waals surface area contributed by atoms with Crippen LogP contribution in [0, 0.1) is 15.9 Å². The number of furan rings is 1. The van der Waals surface area contributed by atoms with Gasteiger partial charge in [-0.2, -0.15) is 0 Å². The van der Waals surface area contributed by atoms with E-state index in [0.717, 1.165) is 16.7 Å². The van der Waals surface area contributed by atoms with Crippen LogP contribution in [0.1, 0.15) is 11.3 Å². The maximum absolute atomic E-state index is 13.1. The molecule has 0 saturated carbocycles. The number of nitrogens with zero attached hydrogens (tertiary/aromatic N) is 2. The number of carbonyl (C=O) groups excluding carboxylic acids is 2. The van der Waals surface area contributed by atoms with Crippen LogP contribution in [0.2, 0.25) is 0 Å².